The molecule has 1 aliphatic heterocycles. The van der Waals surface area contributed by atoms with Crippen LogP contribution in [-0.4, -0.2) is 48.0 Å². The first-order valence-electron chi connectivity index (χ1n) is 9.18. The maximum atomic E-state index is 12.5. The number of carbonyl (C=O) groups excluding carboxylic acids is 2. The fraction of sp³-hybridized carbons (Fsp3) is 0.316. The van der Waals surface area contributed by atoms with Gasteiger partial charge in [0.2, 0.25) is 11.8 Å². The van der Waals surface area contributed by atoms with E-state index in [2.05, 4.69) is 20.1 Å². The van der Waals surface area contributed by atoms with Crippen LogP contribution in [0.25, 0.3) is 11.4 Å². The Labute approximate surface area is 161 Å². The standard InChI is InChI=1S/C19H21N7O2/c20-18(28)13-3-5-14(6-4-13)19-23-15-7-9-25(10-16(15)24-19)17(27)2-1-8-26-12-21-11-22-26/h3-6,11-12H,1-2,7-10H2,(H2,20,28)(H,23,24). The molecule has 0 saturated carbocycles. The highest BCUT2D eigenvalue weighted by Crippen LogP contribution is 2.23. The van der Waals surface area contributed by atoms with E-state index in [-0.39, 0.29) is 5.91 Å². The van der Waals surface area contributed by atoms with E-state index >= 15 is 0 Å². The van der Waals surface area contributed by atoms with Crippen LogP contribution in [0.2, 0.25) is 0 Å². The number of imidazole rings is 1. The van der Waals surface area contributed by atoms with Crippen LogP contribution in [0.4, 0.5) is 0 Å². The summed E-state index contributed by atoms with van der Waals surface area (Å²) in [5.74, 6) is 0.414. The van der Waals surface area contributed by atoms with Crippen LogP contribution in [0.15, 0.2) is 36.9 Å². The average Bonchev–Trinajstić information content (AvgIpc) is 3.37. The van der Waals surface area contributed by atoms with Crippen LogP contribution in [0.5, 0.6) is 0 Å². The van der Waals surface area contributed by atoms with Gasteiger partial charge in [-0.1, -0.05) is 12.1 Å². The van der Waals surface area contributed by atoms with E-state index < -0.39 is 5.91 Å². The number of primary amides is 1. The van der Waals surface area contributed by atoms with Gasteiger partial charge in [0.05, 0.1) is 17.9 Å². The number of hydrogen-bond acceptors (Lipinski definition) is 5. The van der Waals surface area contributed by atoms with E-state index in [1.807, 2.05) is 17.0 Å². The third-order valence-electron chi connectivity index (χ3n) is 4.87. The number of aromatic nitrogens is 5. The van der Waals surface area contributed by atoms with Crippen LogP contribution in [0.3, 0.4) is 0 Å². The Hall–Kier alpha value is -3.49. The summed E-state index contributed by atoms with van der Waals surface area (Å²) >= 11 is 0. The number of carbonyl (C=O) groups is 2. The van der Waals surface area contributed by atoms with E-state index in [9.17, 15) is 9.59 Å². The number of fused-ring (bicyclic) bond motifs is 1. The van der Waals surface area contributed by atoms with Gasteiger partial charge in [-0.3, -0.25) is 14.3 Å². The van der Waals surface area contributed by atoms with Gasteiger partial charge in [0.25, 0.3) is 0 Å². The largest absolute Gasteiger partial charge is 0.366 e. The number of nitrogens with zero attached hydrogens (tertiary/aromatic N) is 5. The summed E-state index contributed by atoms with van der Waals surface area (Å²) in [5.41, 5.74) is 8.57. The molecular formula is C19H21N7O2. The molecule has 9 nitrogen and oxygen atoms in total. The second-order valence-corrected chi connectivity index (χ2v) is 6.78. The smallest absolute Gasteiger partial charge is 0.248 e. The van der Waals surface area contributed by atoms with Crippen molar-refractivity contribution in [2.75, 3.05) is 6.54 Å². The first-order valence-corrected chi connectivity index (χ1v) is 9.18. The summed E-state index contributed by atoms with van der Waals surface area (Å²) in [6.45, 7) is 1.88. The first kappa shape index (κ1) is 17.9. The van der Waals surface area contributed by atoms with Gasteiger partial charge in [-0.05, 0) is 18.6 Å². The van der Waals surface area contributed by atoms with Gasteiger partial charge < -0.3 is 15.6 Å². The number of aromatic amines is 1. The number of amides is 2. The average molecular weight is 379 g/mol. The Morgan fingerprint density at radius 1 is 1.21 bits per heavy atom. The van der Waals surface area contributed by atoms with Crippen LogP contribution in [0, 0.1) is 0 Å². The SMILES string of the molecule is NC(=O)c1ccc(-c2nc3c([nH]2)CN(C(=O)CCCn2cncn2)CC3)cc1. The number of aryl methyl sites for hydroxylation is 1. The van der Waals surface area contributed by atoms with Crippen molar-refractivity contribution in [3.05, 3.63) is 53.9 Å². The molecule has 0 saturated heterocycles. The van der Waals surface area contributed by atoms with Crippen molar-refractivity contribution in [1.82, 2.24) is 29.6 Å². The van der Waals surface area contributed by atoms with Gasteiger partial charge in [-0.15, -0.1) is 0 Å². The Balaban J connectivity index is 1.38. The van der Waals surface area contributed by atoms with Gasteiger partial charge in [0.15, 0.2) is 0 Å². The Morgan fingerprint density at radius 2 is 2.04 bits per heavy atom. The number of hydrogen-bond donors (Lipinski definition) is 2. The molecule has 0 spiro atoms. The lowest BCUT2D eigenvalue weighted by atomic mass is 10.1. The van der Waals surface area contributed by atoms with Crippen molar-refractivity contribution in [2.45, 2.75) is 32.4 Å². The van der Waals surface area contributed by atoms with Crippen molar-refractivity contribution in [1.29, 1.82) is 0 Å². The first-order chi connectivity index (χ1) is 13.6. The minimum absolute atomic E-state index is 0.132. The van der Waals surface area contributed by atoms with Crippen molar-refractivity contribution in [3.8, 4) is 11.4 Å². The zero-order valence-corrected chi connectivity index (χ0v) is 15.3. The van der Waals surface area contributed by atoms with E-state index in [4.69, 9.17) is 5.73 Å². The zero-order valence-electron chi connectivity index (χ0n) is 15.3. The topological polar surface area (TPSA) is 123 Å². The summed E-state index contributed by atoms with van der Waals surface area (Å²) < 4.78 is 1.73. The third kappa shape index (κ3) is 3.78. The van der Waals surface area contributed by atoms with Gasteiger partial charge in [0, 0.05) is 37.1 Å². The molecule has 0 atom stereocenters. The number of nitrogens with one attached hydrogen (secondary N) is 1. The molecule has 0 fully saturated rings. The number of benzene rings is 1. The van der Waals surface area contributed by atoms with E-state index in [1.165, 1.54) is 6.33 Å². The highest BCUT2D eigenvalue weighted by atomic mass is 16.2. The van der Waals surface area contributed by atoms with Gasteiger partial charge in [-0.2, -0.15) is 5.10 Å². The molecule has 0 bridgehead atoms. The molecule has 3 aromatic rings. The highest BCUT2D eigenvalue weighted by molar-refractivity contribution is 5.93. The van der Waals surface area contributed by atoms with Crippen molar-refractivity contribution >= 4 is 11.8 Å². The summed E-state index contributed by atoms with van der Waals surface area (Å²) in [6, 6.07) is 7.00. The van der Waals surface area contributed by atoms with Gasteiger partial charge in [-0.25, -0.2) is 9.97 Å². The Kier molecular flexibility index (Phi) is 4.88. The number of rotatable bonds is 6. The minimum Gasteiger partial charge on any atom is -0.366 e. The molecule has 3 N–H and O–H groups in total. The van der Waals surface area contributed by atoms with E-state index in [0.717, 1.165) is 35.6 Å². The maximum Gasteiger partial charge on any atom is 0.248 e. The summed E-state index contributed by atoms with van der Waals surface area (Å²) in [6.07, 6.45) is 5.07. The predicted octanol–water partition coefficient (Wildman–Crippen LogP) is 1.13. The third-order valence-corrected chi connectivity index (χ3v) is 4.87. The van der Waals surface area contributed by atoms with Crippen LogP contribution < -0.4 is 5.73 Å². The predicted molar refractivity (Wildman–Crippen MR) is 101 cm³/mol. The molecule has 1 aromatic carbocycles. The highest BCUT2D eigenvalue weighted by Gasteiger charge is 2.23. The maximum absolute atomic E-state index is 12.5. The second kappa shape index (κ2) is 7.63. The van der Waals surface area contributed by atoms with Gasteiger partial charge in [0.1, 0.15) is 18.5 Å². The molecule has 4 rings (SSSR count). The molecule has 9 heteroatoms. The molecule has 0 unspecified atom stereocenters. The Bertz CT molecular complexity index is 976. The van der Waals surface area contributed by atoms with Crippen molar-refractivity contribution in [2.24, 2.45) is 5.73 Å². The second-order valence-electron chi connectivity index (χ2n) is 6.78. The lowest BCUT2D eigenvalue weighted by Crippen LogP contribution is -2.36. The lowest BCUT2D eigenvalue weighted by molar-refractivity contribution is -0.132. The fourth-order valence-corrected chi connectivity index (χ4v) is 3.33. The normalized spacial score (nSPS) is 13.4. The number of H-pyrrole nitrogens is 1. The van der Waals surface area contributed by atoms with Crippen LogP contribution >= 0.6 is 0 Å². The molecule has 1 aliphatic rings. The molecule has 3 heterocycles. The molecule has 2 amide bonds. The summed E-state index contributed by atoms with van der Waals surface area (Å²) in [5, 5.41) is 4.04. The fourth-order valence-electron chi connectivity index (χ4n) is 3.33. The van der Waals surface area contributed by atoms with Crippen molar-refractivity contribution < 1.29 is 9.59 Å². The molecule has 0 radical (unpaired) electrons. The molecule has 28 heavy (non-hydrogen) atoms. The minimum atomic E-state index is -0.455. The monoisotopic (exact) mass is 379 g/mol. The summed E-state index contributed by atoms with van der Waals surface area (Å²) in [4.78, 5) is 37.5. The Morgan fingerprint density at radius 3 is 2.75 bits per heavy atom. The lowest BCUT2D eigenvalue weighted by Gasteiger charge is -2.26. The van der Waals surface area contributed by atoms with Gasteiger partial charge >= 0.3 is 0 Å². The molecule has 144 valence electrons. The quantitative estimate of drug-likeness (QED) is 0.665. The zero-order chi connectivity index (χ0) is 19.5. The van der Waals surface area contributed by atoms with Crippen LogP contribution in [0.1, 0.15) is 34.6 Å². The molecular weight excluding hydrogens is 358 g/mol. The number of nitrogens with two attached hydrogens (primary N) is 1. The van der Waals surface area contributed by atoms with Crippen molar-refractivity contribution in [3.63, 3.8) is 0 Å². The summed E-state index contributed by atoms with van der Waals surface area (Å²) in [7, 11) is 0. The molecule has 0 aliphatic carbocycles. The van der Waals surface area contributed by atoms with Crippen LogP contribution in [-0.2, 0) is 24.3 Å². The van der Waals surface area contributed by atoms with E-state index in [0.29, 0.717) is 31.6 Å². The van der Waals surface area contributed by atoms with E-state index in [1.54, 1.807) is 23.1 Å². The molecule has 2 aromatic heterocycles.